The fraction of sp³-hybridized carbons (Fsp3) is 0.375. The van der Waals surface area contributed by atoms with Crippen LogP contribution in [0.4, 0.5) is 0 Å². The molecule has 0 aliphatic carbocycles. The zero-order chi connectivity index (χ0) is 14.7. The van der Waals surface area contributed by atoms with E-state index in [1.54, 1.807) is 17.5 Å². The topological polar surface area (TPSA) is 54.0 Å². The fourth-order valence-electron chi connectivity index (χ4n) is 2.46. The molecule has 2 heterocycles. The van der Waals surface area contributed by atoms with Gasteiger partial charge in [-0.05, 0) is 24.6 Å². The van der Waals surface area contributed by atoms with E-state index in [1.807, 2.05) is 42.6 Å². The highest BCUT2D eigenvalue weighted by atomic mass is 35.5. The number of carbonyl (C=O) groups excluding carboxylic acids is 1. The first-order valence-electron chi connectivity index (χ1n) is 7.21. The summed E-state index contributed by atoms with van der Waals surface area (Å²) in [5.74, 6) is 0.570. The van der Waals surface area contributed by atoms with E-state index in [4.69, 9.17) is 0 Å². The van der Waals surface area contributed by atoms with Gasteiger partial charge in [0.1, 0.15) is 11.0 Å². The lowest BCUT2D eigenvalue weighted by atomic mass is 9.88. The number of carbonyl (C=O) groups is 1. The molecule has 0 bridgehead atoms. The Hall–Kier alpha value is -1.43. The average molecular weight is 338 g/mol. The van der Waals surface area contributed by atoms with Gasteiger partial charge in [-0.25, -0.2) is 4.98 Å². The van der Waals surface area contributed by atoms with Crippen molar-refractivity contribution in [2.45, 2.75) is 13.0 Å². The van der Waals surface area contributed by atoms with Crippen molar-refractivity contribution in [3.63, 3.8) is 0 Å². The Bertz CT molecular complexity index is 587. The predicted molar refractivity (Wildman–Crippen MR) is 91.3 cm³/mol. The molecular weight excluding hydrogens is 318 g/mol. The van der Waals surface area contributed by atoms with E-state index in [1.165, 1.54) is 0 Å². The van der Waals surface area contributed by atoms with E-state index in [-0.39, 0.29) is 30.3 Å². The molecule has 0 saturated carbocycles. The second-order valence-electron chi connectivity index (χ2n) is 5.43. The normalized spacial score (nSPS) is 17.0. The molecule has 0 spiro atoms. The Morgan fingerprint density at radius 1 is 1.36 bits per heavy atom. The van der Waals surface area contributed by atoms with Gasteiger partial charge < -0.3 is 10.6 Å². The van der Waals surface area contributed by atoms with Crippen molar-refractivity contribution in [3.05, 3.63) is 52.5 Å². The maximum Gasteiger partial charge on any atom is 0.224 e. The Balaban J connectivity index is 0.00000176. The van der Waals surface area contributed by atoms with E-state index in [2.05, 4.69) is 15.6 Å². The zero-order valence-electron chi connectivity index (χ0n) is 12.4. The van der Waals surface area contributed by atoms with Crippen molar-refractivity contribution in [1.29, 1.82) is 0 Å². The van der Waals surface area contributed by atoms with Crippen LogP contribution in [0.2, 0.25) is 0 Å². The molecule has 1 saturated heterocycles. The lowest BCUT2D eigenvalue weighted by molar-refractivity contribution is -0.127. The van der Waals surface area contributed by atoms with Crippen LogP contribution >= 0.6 is 23.7 Å². The molecule has 2 aromatic rings. The molecule has 22 heavy (non-hydrogen) atoms. The number of benzene rings is 1. The molecule has 1 aliphatic rings. The number of amides is 1. The Morgan fingerprint density at radius 3 is 2.64 bits per heavy atom. The van der Waals surface area contributed by atoms with Crippen LogP contribution in [-0.4, -0.2) is 24.0 Å². The summed E-state index contributed by atoms with van der Waals surface area (Å²) in [4.78, 5) is 16.9. The monoisotopic (exact) mass is 337 g/mol. The lowest BCUT2D eigenvalue weighted by Gasteiger charge is -2.32. The first-order valence-corrected chi connectivity index (χ1v) is 8.09. The van der Waals surface area contributed by atoms with E-state index in [0.717, 1.165) is 23.7 Å². The minimum atomic E-state index is -0.158. The molecule has 0 radical (unpaired) electrons. The quantitative estimate of drug-likeness (QED) is 0.881. The molecule has 1 aromatic carbocycles. The number of aromatic nitrogens is 1. The third-order valence-electron chi connectivity index (χ3n) is 4.05. The lowest BCUT2D eigenvalue weighted by Crippen LogP contribution is -2.50. The summed E-state index contributed by atoms with van der Waals surface area (Å²) in [7, 11) is 0. The summed E-state index contributed by atoms with van der Waals surface area (Å²) < 4.78 is 0. The smallest absolute Gasteiger partial charge is 0.224 e. The Kier molecular flexibility index (Phi) is 5.94. The van der Waals surface area contributed by atoms with E-state index in [0.29, 0.717) is 5.92 Å². The van der Waals surface area contributed by atoms with Crippen LogP contribution in [0.5, 0.6) is 0 Å². The summed E-state index contributed by atoms with van der Waals surface area (Å²) in [6, 6.07) is 9.86. The summed E-state index contributed by atoms with van der Waals surface area (Å²) >= 11 is 1.57. The average Bonchev–Trinajstić information content (AvgIpc) is 2.97. The fourth-order valence-corrected chi connectivity index (χ4v) is 3.18. The van der Waals surface area contributed by atoms with Crippen LogP contribution in [-0.2, 0) is 4.79 Å². The molecule has 2 unspecified atom stereocenters. The molecule has 1 amide bonds. The number of rotatable bonds is 5. The van der Waals surface area contributed by atoms with Gasteiger partial charge in [0.05, 0.1) is 0 Å². The van der Waals surface area contributed by atoms with Crippen LogP contribution in [0.15, 0.2) is 41.9 Å². The molecule has 1 aliphatic heterocycles. The van der Waals surface area contributed by atoms with Crippen LogP contribution < -0.4 is 10.6 Å². The highest BCUT2D eigenvalue weighted by Crippen LogP contribution is 2.25. The van der Waals surface area contributed by atoms with Gasteiger partial charge >= 0.3 is 0 Å². The Labute approximate surface area is 140 Å². The van der Waals surface area contributed by atoms with Crippen molar-refractivity contribution < 1.29 is 4.79 Å². The number of nitrogens with one attached hydrogen (secondary N) is 2. The van der Waals surface area contributed by atoms with Gasteiger partial charge in [0.25, 0.3) is 0 Å². The van der Waals surface area contributed by atoms with Gasteiger partial charge in [-0.3, -0.25) is 4.79 Å². The standard InChI is InChI=1S/C16H19N3OS.ClH/c1-11(13-9-17-10-13)15(20)19-14(16-18-7-8-21-16)12-5-3-2-4-6-12;/h2-8,11,13-14,17H,9-10H2,1H3,(H,19,20);1H. The van der Waals surface area contributed by atoms with Gasteiger partial charge in [0, 0.05) is 17.5 Å². The highest BCUT2D eigenvalue weighted by molar-refractivity contribution is 7.09. The van der Waals surface area contributed by atoms with Crippen molar-refractivity contribution in [3.8, 4) is 0 Å². The van der Waals surface area contributed by atoms with E-state index in [9.17, 15) is 4.79 Å². The highest BCUT2D eigenvalue weighted by Gasteiger charge is 2.30. The molecule has 3 rings (SSSR count). The van der Waals surface area contributed by atoms with Crippen LogP contribution in [0, 0.1) is 11.8 Å². The third kappa shape index (κ3) is 3.66. The number of hydrogen-bond donors (Lipinski definition) is 2. The molecule has 2 N–H and O–H groups in total. The maximum absolute atomic E-state index is 12.5. The van der Waals surface area contributed by atoms with Gasteiger partial charge in [-0.2, -0.15) is 0 Å². The molecule has 1 fully saturated rings. The van der Waals surface area contributed by atoms with Crippen LogP contribution in [0.25, 0.3) is 0 Å². The van der Waals surface area contributed by atoms with Gasteiger partial charge in [0.15, 0.2) is 0 Å². The first-order chi connectivity index (χ1) is 10.3. The van der Waals surface area contributed by atoms with Gasteiger partial charge in [-0.1, -0.05) is 37.3 Å². The molecular formula is C16H20ClN3OS. The second-order valence-corrected chi connectivity index (χ2v) is 6.36. The number of hydrogen-bond acceptors (Lipinski definition) is 4. The molecule has 2 atom stereocenters. The van der Waals surface area contributed by atoms with Crippen molar-refractivity contribution >= 4 is 29.7 Å². The summed E-state index contributed by atoms with van der Waals surface area (Å²) in [6.07, 6.45) is 1.78. The SMILES string of the molecule is CC(C(=O)NC(c1ccccc1)c1nccs1)C1CNC1.Cl. The van der Waals surface area contributed by atoms with Crippen molar-refractivity contribution in [2.24, 2.45) is 11.8 Å². The largest absolute Gasteiger partial charge is 0.342 e. The van der Waals surface area contributed by atoms with E-state index < -0.39 is 0 Å². The van der Waals surface area contributed by atoms with Crippen molar-refractivity contribution in [1.82, 2.24) is 15.6 Å². The number of halogens is 1. The maximum atomic E-state index is 12.5. The van der Waals surface area contributed by atoms with Crippen LogP contribution in [0.1, 0.15) is 23.5 Å². The molecule has 1 aromatic heterocycles. The molecule has 118 valence electrons. The molecule has 6 heteroatoms. The minimum Gasteiger partial charge on any atom is -0.342 e. The predicted octanol–water partition coefficient (Wildman–Crippen LogP) is 2.63. The third-order valence-corrected chi connectivity index (χ3v) is 4.89. The van der Waals surface area contributed by atoms with Crippen molar-refractivity contribution in [2.75, 3.05) is 13.1 Å². The summed E-state index contributed by atoms with van der Waals surface area (Å²) in [5.41, 5.74) is 1.07. The van der Waals surface area contributed by atoms with Crippen LogP contribution in [0.3, 0.4) is 0 Å². The van der Waals surface area contributed by atoms with E-state index >= 15 is 0 Å². The van der Waals surface area contributed by atoms with Gasteiger partial charge in [-0.15, -0.1) is 23.7 Å². The summed E-state index contributed by atoms with van der Waals surface area (Å²) in [5, 5.41) is 9.25. The Morgan fingerprint density at radius 2 is 2.09 bits per heavy atom. The summed E-state index contributed by atoms with van der Waals surface area (Å²) in [6.45, 7) is 3.87. The molecule has 4 nitrogen and oxygen atoms in total. The van der Waals surface area contributed by atoms with Gasteiger partial charge in [0.2, 0.25) is 5.91 Å². The number of nitrogens with zero attached hydrogens (tertiary/aromatic N) is 1. The zero-order valence-corrected chi connectivity index (χ0v) is 14.0. The minimum absolute atomic E-state index is 0. The second kappa shape index (κ2) is 7.72. The first kappa shape index (κ1) is 16.9. The number of thiazole rings is 1.